The summed E-state index contributed by atoms with van der Waals surface area (Å²) in [7, 11) is 0. The van der Waals surface area contributed by atoms with E-state index in [1.165, 1.54) is 23.6 Å². The Balaban J connectivity index is 2.11. The number of aliphatic carboxylic acids is 1. The molecular formula is C14H21N3O5S. The van der Waals surface area contributed by atoms with Gasteiger partial charge in [-0.1, -0.05) is 6.92 Å². The zero-order valence-corrected chi connectivity index (χ0v) is 13.7. The van der Waals surface area contributed by atoms with Crippen molar-refractivity contribution in [2.45, 2.75) is 43.7 Å². The summed E-state index contributed by atoms with van der Waals surface area (Å²) in [6.45, 7) is 3.27. The number of rotatable bonds is 7. The van der Waals surface area contributed by atoms with Gasteiger partial charge in [-0.3, -0.25) is 9.59 Å². The van der Waals surface area contributed by atoms with Crippen LogP contribution in [0.1, 0.15) is 20.3 Å². The van der Waals surface area contributed by atoms with Crippen LogP contribution in [0.2, 0.25) is 0 Å². The van der Waals surface area contributed by atoms with E-state index in [0.717, 1.165) is 0 Å². The minimum Gasteiger partial charge on any atom is -0.477 e. The molecule has 1 fully saturated rings. The van der Waals surface area contributed by atoms with E-state index in [1.807, 2.05) is 0 Å². The van der Waals surface area contributed by atoms with Crippen molar-refractivity contribution >= 4 is 29.5 Å². The van der Waals surface area contributed by atoms with Gasteiger partial charge in [0.25, 0.3) is 0 Å². The van der Waals surface area contributed by atoms with Crippen molar-refractivity contribution < 1.29 is 24.6 Å². The first-order valence-corrected chi connectivity index (χ1v) is 8.34. The summed E-state index contributed by atoms with van der Waals surface area (Å²) in [6, 6.07) is -1.12. The van der Waals surface area contributed by atoms with Gasteiger partial charge in [-0.25, -0.2) is 4.79 Å². The molecule has 23 heavy (non-hydrogen) atoms. The second-order valence-electron chi connectivity index (χ2n) is 5.95. The number of carboxylic acids is 1. The number of carboxylic acid groups (broad SMARTS) is 1. The van der Waals surface area contributed by atoms with Crippen LogP contribution in [0.25, 0.3) is 0 Å². The third-order valence-corrected chi connectivity index (χ3v) is 5.71. The van der Waals surface area contributed by atoms with Crippen LogP contribution >= 0.6 is 11.8 Å². The van der Waals surface area contributed by atoms with Crippen molar-refractivity contribution in [2.75, 3.05) is 5.75 Å². The normalized spacial score (nSPS) is 27.3. The Morgan fingerprint density at radius 2 is 2.04 bits per heavy atom. The predicted molar refractivity (Wildman–Crippen MR) is 84.2 cm³/mol. The fraction of sp³-hybridized carbons (Fsp3) is 0.643. The highest BCUT2D eigenvalue weighted by molar-refractivity contribution is 8.00. The largest absolute Gasteiger partial charge is 0.477 e. The summed E-state index contributed by atoms with van der Waals surface area (Å²) < 4.78 is 0. The SMILES string of the molecule is CC(O)C1C(=O)N2C(C(=O)O)=C(CSC(C)C(N)C(N)=O)CC12. The van der Waals surface area contributed by atoms with E-state index in [4.69, 9.17) is 11.5 Å². The molecule has 5 unspecified atom stereocenters. The summed E-state index contributed by atoms with van der Waals surface area (Å²) in [5, 5.41) is 18.8. The molecule has 0 aromatic heterocycles. The summed E-state index contributed by atoms with van der Waals surface area (Å²) in [5.41, 5.74) is 11.4. The molecule has 2 aliphatic rings. The number of hydrogen-bond donors (Lipinski definition) is 4. The van der Waals surface area contributed by atoms with E-state index in [9.17, 15) is 24.6 Å². The summed E-state index contributed by atoms with van der Waals surface area (Å²) in [4.78, 5) is 35.9. The monoisotopic (exact) mass is 343 g/mol. The smallest absolute Gasteiger partial charge is 0.352 e. The Bertz CT molecular complexity index is 577. The topological polar surface area (TPSA) is 147 Å². The molecule has 5 atom stereocenters. The van der Waals surface area contributed by atoms with Crippen LogP contribution in [0, 0.1) is 5.92 Å². The van der Waals surface area contributed by atoms with Crippen molar-refractivity contribution in [3.05, 3.63) is 11.3 Å². The number of β-lactam (4-membered cyclic amide) rings is 1. The number of aliphatic hydroxyl groups is 1. The maximum Gasteiger partial charge on any atom is 0.352 e. The Labute approximate surface area is 137 Å². The fourth-order valence-corrected chi connectivity index (χ4v) is 4.12. The number of amides is 2. The number of carbonyl (C=O) groups is 3. The first-order valence-electron chi connectivity index (χ1n) is 7.29. The van der Waals surface area contributed by atoms with Crippen LogP contribution in [0.5, 0.6) is 0 Å². The van der Waals surface area contributed by atoms with Crippen LogP contribution in [0.15, 0.2) is 11.3 Å². The van der Waals surface area contributed by atoms with Crippen LogP contribution < -0.4 is 11.5 Å². The molecule has 2 heterocycles. The highest BCUT2D eigenvalue weighted by atomic mass is 32.2. The zero-order chi connectivity index (χ0) is 17.5. The van der Waals surface area contributed by atoms with E-state index in [-0.39, 0.29) is 22.9 Å². The molecule has 2 rings (SSSR count). The Morgan fingerprint density at radius 3 is 2.52 bits per heavy atom. The maximum atomic E-state index is 12.1. The minimum atomic E-state index is -1.16. The summed E-state index contributed by atoms with van der Waals surface area (Å²) in [6.07, 6.45) is -0.401. The lowest BCUT2D eigenvalue weighted by molar-refractivity contribution is -0.161. The number of fused-ring (bicyclic) bond motifs is 1. The van der Waals surface area contributed by atoms with Gasteiger partial charge in [0.05, 0.1) is 24.1 Å². The lowest BCUT2D eigenvalue weighted by Gasteiger charge is -2.44. The molecule has 0 aromatic rings. The molecule has 8 nitrogen and oxygen atoms in total. The van der Waals surface area contributed by atoms with Crippen LogP contribution in [-0.4, -0.2) is 62.1 Å². The summed E-state index contributed by atoms with van der Waals surface area (Å²) in [5.74, 6) is -2.35. The molecule has 1 saturated heterocycles. The van der Waals surface area contributed by atoms with Crippen molar-refractivity contribution in [1.82, 2.24) is 4.90 Å². The maximum absolute atomic E-state index is 12.1. The molecule has 128 valence electrons. The average molecular weight is 343 g/mol. The molecule has 0 spiro atoms. The molecule has 0 aliphatic carbocycles. The van der Waals surface area contributed by atoms with Gasteiger partial charge in [-0.2, -0.15) is 11.8 Å². The van der Waals surface area contributed by atoms with Gasteiger partial charge in [0.2, 0.25) is 11.8 Å². The molecule has 2 amide bonds. The van der Waals surface area contributed by atoms with Gasteiger partial charge in [-0.05, 0) is 18.9 Å². The number of carbonyl (C=O) groups excluding carboxylic acids is 2. The average Bonchev–Trinajstić information content (AvgIpc) is 2.77. The van der Waals surface area contributed by atoms with Crippen molar-refractivity contribution in [2.24, 2.45) is 17.4 Å². The predicted octanol–water partition coefficient (Wildman–Crippen LogP) is -1.13. The van der Waals surface area contributed by atoms with Gasteiger partial charge in [0.15, 0.2) is 0 Å². The number of aliphatic hydroxyl groups excluding tert-OH is 1. The minimum absolute atomic E-state index is 0.00996. The van der Waals surface area contributed by atoms with Gasteiger partial charge in [0, 0.05) is 11.0 Å². The number of nitrogens with two attached hydrogens (primary N) is 2. The highest BCUT2D eigenvalue weighted by Crippen LogP contribution is 2.44. The molecule has 0 aromatic carbocycles. The van der Waals surface area contributed by atoms with E-state index in [2.05, 4.69) is 0 Å². The molecular weight excluding hydrogens is 322 g/mol. The highest BCUT2D eigenvalue weighted by Gasteiger charge is 2.56. The molecule has 6 N–H and O–H groups in total. The van der Waals surface area contributed by atoms with E-state index in [0.29, 0.717) is 17.7 Å². The van der Waals surface area contributed by atoms with Crippen LogP contribution in [0.3, 0.4) is 0 Å². The number of hydrogen-bond acceptors (Lipinski definition) is 6. The number of primary amides is 1. The lowest BCUT2D eigenvalue weighted by atomic mass is 9.83. The zero-order valence-electron chi connectivity index (χ0n) is 12.9. The second-order valence-corrected chi connectivity index (χ2v) is 7.31. The van der Waals surface area contributed by atoms with Crippen LogP contribution in [-0.2, 0) is 14.4 Å². The standard InChI is InChI=1S/C14H21N3O5S/c1-5(18)9-8-3-7(4-23-6(2)10(15)12(16)19)11(14(21)22)17(8)13(9)20/h5-6,8-10,18H,3-4,15H2,1-2H3,(H2,16,19)(H,21,22). The first kappa shape index (κ1) is 17.8. The first-order chi connectivity index (χ1) is 10.7. The third-order valence-electron chi connectivity index (χ3n) is 4.38. The molecule has 2 aliphatic heterocycles. The van der Waals surface area contributed by atoms with Gasteiger partial charge in [-0.15, -0.1) is 0 Å². The Morgan fingerprint density at radius 1 is 1.43 bits per heavy atom. The van der Waals surface area contributed by atoms with Gasteiger partial charge >= 0.3 is 5.97 Å². The van der Waals surface area contributed by atoms with E-state index >= 15 is 0 Å². The second kappa shape index (κ2) is 6.50. The lowest BCUT2D eigenvalue weighted by Crippen LogP contribution is -2.61. The summed E-state index contributed by atoms with van der Waals surface area (Å²) >= 11 is 1.33. The molecule has 0 bridgehead atoms. The Kier molecular flexibility index (Phi) is 5.02. The fourth-order valence-electron chi connectivity index (χ4n) is 3.06. The van der Waals surface area contributed by atoms with Gasteiger partial charge < -0.3 is 26.6 Å². The van der Waals surface area contributed by atoms with E-state index < -0.39 is 29.9 Å². The molecule has 0 radical (unpaired) electrons. The van der Waals surface area contributed by atoms with Crippen molar-refractivity contribution in [3.63, 3.8) is 0 Å². The molecule has 0 saturated carbocycles. The van der Waals surface area contributed by atoms with Crippen molar-refractivity contribution in [1.29, 1.82) is 0 Å². The van der Waals surface area contributed by atoms with Gasteiger partial charge in [0.1, 0.15) is 5.70 Å². The Hall–Kier alpha value is -1.58. The quantitative estimate of drug-likeness (QED) is 0.428. The van der Waals surface area contributed by atoms with Crippen molar-refractivity contribution in [3.8, 4) is 0 Å². The van der Waals surface area contributed by atoms with Crippen LogP contribution in [0.4, 0.5) is 0 Å². The number of thioether (sulfide) groups is 1. The molecule has 9 heteroatoms. The number of nitrogens with zero attached hydrogens (tertiary/aromatic N) is 1. The van der Waals surface area contributed by atoms with E-state index in [1.54, 1.807) is 6.92 Å². The third kappa shape index (κ3) is 3.08.